The van der Waals surface area contributed by atoms with Crippen LogP contribution in [-0.2, 0) is 14.2 Å². The molecule has 10 nitrogen and oxygen atoms in total. The number of H-pyrrole nitrogens is 1. The number of morpholine rings is 1. The molecule has 1 unspecified atom stereocenters. The molecule has 0 saturated carbocycles. The first-order valence-electron chi connectivity index (χ1n) is 11.1. The second kappa shape index (κ2) is 9.34. The van der Waals surface area contributed by atoms with Crippen molar-refractivity contribution in [3.8, 4) is 6.01 Å². The van der Waals surface area contributed by atoms with E-state index in [0.717, 1.165) is 35.4 Å². The van der Waals surface area contributed by atoms with Crippen molar-refractivity contribution >= 4 is 28.8 Å². The monoisotopic (exact) mass is 452 g/mol. The molecule has 3 aromatic rings. The van der Waals surface area contributed by atoms with Gasteiger partial charge in [-0.05, 0) is 19.9 Å². The number of hydrazone groups is 1. The second-order valence-corrected chi connectivity index (χ2v) is 8.41. The first kappa shape index (κ1) is 21.6. The number of para-hydroxylation sites is 1. The zero-order valence-electron chi connectivity index (χ0n) is 18.8. The lowest BCUT2D eigenvalue weighted by molar-refractivity contribution is -0.141. The quantitative estimate of drug-likeness (QED) is 0.416. The molecule has 5 rings (SSSR count). The number of aromatic nitrogens is 3. The van der Waals surface area contributed by atoms with Gasteiger partial charge < -0.3 is 28.8 Å². The maximum Gasteiger partial charge on any atom is 0.320 e. The van der Waals surface area contributed by atoms with Crippen molar-refractivity contribution in [2.24, 2.45) is 5.10 Å². The second-order valence-electron chi connectivity index (χ2n) is 8.41. The Morgan fingerprint density at radius 3 is 2.94 bits per heavy atom. The largest absolute Gasteiger partial charge is 0.460 e. The Labute approximate surface area is 191 Å². The molecule has 2 aromatic heterocycles. The van der Waals surface area contributed by atoms with E-state index in [9.17, 15) is 0 Å². The summed E-state index contributed by atoms with van der Waals surface area (Å²) >= 11 is 0. The van der Waals surface area contributed by atoms with Crippen LogP contribution in [0.4, 0.5) is 11.6 Å². The highest BCUT2D eigenvalue weighted by Gasteiger charge is 2.33. The van der Waals surface area contributed by atoms with Gasteiger partial charge in [-0.25, -0.2) is 0 Å². The van der Waals surface area contributed by atoms with Gasteiger partial charge in [-0.15, -0.1) is 0 Å². The molecule has 2 fully saturated rings. The number of nitrogens with one attached hydrogen (secondary N) is 2. The molecule has 4 heterocycles. The summed E-state index contributed by atoms with van der Waals surface area (Å²) in [6, 6.07) is 10.2. The van der Waals surface area contributed by atoms with E-state index in [1.165, 1.54) is 0 Å². The third kappa shape index (κ3) is 5.24. The van der Waals surface area contributed by atoms with Gasteiger partial charge in [-0.1, -0.05) is 18.2 Å². The molecule has 0 spiro atoms. The maximum atomic E-state index is 5.88. The first-order valence-corrected chi connectivity index (χ1v) is 11.1. The molecule has 0 amide bonds. The minimum absolute atomic E-state index is 0.174. The van der Waals surface area contributed by atoms with E-state index in [1.807, 2.05) is 44.3 Å². The Balaban J connectivity index is 1.32. The van der Waals surface area contributed by atoms with Crippen molar-refractivity contribution < 1.29 is 18.9 Å². The van der Waals surface area contributed by atoms with Gasteiger partial charge >= 0.3 is 6.01 Å². The molecular formula is C23H28N6O4. The standard InChI is InChI=1S/C23H28N6O4/c1-23(2)32-15-17(33-23)14-31-22-26-20(11-21(27-22)29-7-9-30-10-8-29)28-25-13-16-12-24-19-6-4-3-5-18(16)19/h3-6,11-13,17,24H,7-10,14-15H2,1-2H3,(H,26,27,28)/b25-13+. The van der Waals surface area contributed by atoms with Crippen molar-refractivity contribution in [3.05, 3.63) is 42.1 Å². The van der Waals surface area contributed by atoms with Crippen molar-refractivity contribution in [3.63, 3.8) is 0 Å². The summed E-state index contributed by atoms with van der Waals surface area (Å²) in [6.45, 7) is 7.36. The predicted octanol–water partition coefficient (Wildman–Crippen LogP) is 2.77. The smallest absolute Gasteiger partial charge is 0.320 e. The zero-order chi connectivity index (χ0) is 22.7. The normalized spacial score (nSPS) is 20.5. The highest BCUT2D eigenvalue weighted by atomic mass is 16.7. The summed E-state index contributed by atoms with van der Waals surface area (Å²) in [5, 5.41) is 5.49. The number of nitrogens with zero attached hydrogens (tertiary/aromatic N) is 4. The number of anilines is 2. The van der Waals surface area contributed by atoms with E-state index in [1.54, 1.807) is 6.21 Å². The molecule has 0 radical (unpaired) electrons. The van der Waals surface area contributed by atoms with E-state index in [4.69, 9.17) is 18.9 Å². The van der Waals surface area contributed by atoms with Crippen molar-refractivity contribution in [1.29, 1.82) is 0 Å². The third-order valence-electron chi connectivity index (χ3n) is 5.50. The van der Waals surface area contributed by atoms with E-state index >= 15 is 0 Å². The van der Waals surface area contributed by atoms with E-state index in [2.05, 4.69) is 36.4 Å². The van der Waals surface area contributed by atoms with Gasteiger partial charge in [0, 0.05) is 41.8 Å². The maximum absolute atomic E-state index is 5.88. The Kier molecular flexibility index (Phi) is 6.12. The van der Waals surface area contributed by atoms with Gasteiger partial charge in [0.05, 0.1) is 26.0 Å². The molecule has 10 heteroatoms. The lowest BCUT2D eigenvalue weighted by atomic mass is 10.2. The lowest BCUT2D eigenvalue weighted by Crippen LogP contribution is -2.37. The topological polar surface area (TPSA) is 106 Å². The molecule has 0 aliphatic carbocycles. The zero-order valence-corrected chi connectivity index (χ0v) is 18.8. The lowest BCUT2D eigenvalue weighted by Gasteiger charge is -2.28. The van der Waals surface area contributed by atoms with Crippen LogP contribution >= 0.6 is 0 Å². The summed E-state index contributed by atoms with van der Waals surface area (Å²) in [5.41, 5.74) is 5.07. The van der Waals surface area contributed by atoms with Crippen LogP contribution in [0.5, 0.6) is 6.01 Å². The first-order chi connectivity index (χ1) is 16.1. The van der Waals surface area contributed by atoms with E-state index in [-0.39, 0.29) is 12.1 Å². The van der Waals surface area contributed by atoms with E-state index < -0.39 is 5.79 Å². The average Bonchev–Trinajstić information content (AvgIpc) is 3.41. The molecule has 2 N–H and O–H groups in total. The number of rotatable bonds is 7. The number of hydrogen-bond acceptors (Lipinski definition) is 9. The Morgan fingerprint density at radius 2 is 2.12 bits per heavy atom. The SMILES string of the molecule is CC1(C)OCC(COc2nc(N/N=C/c3c[nH]c4ccccc34)cc(N3CCOCC3)n2)O1. The molecule has 1 atom stereocenters. The molecule has 0 bridgehead atoms. The van der Waals surface area contributed by atoms with Gasteiger partial charge in [0.15, 0.2) is 11.6 Å². The fourth-order valence-electron chi connectivity index (χ4n) is 3.87. The average molecular weight is 453 g/mol. The molecule has 2 aliphatic rings. The van der Waals surface area contributed by atoms with Crippen LogP contribution in [0.1, 0.15) is 19.4 Å². The number of hydrogen-bond donors (Lipinski definition) is 2. The summed E-state index contributed by atoms with van der Waals surface area (Å²) in [4.78, 5) is 14.5. The number of fused-ring (bicyclic) bond motifs is 1. The molecule has 2 aliphatic heterocycles. The number of aromatic amines is 1. The predicted molar refractivity (Wildman–Crippen MR) is 125 cm³/mol. The van der Waals surface area contributed by atoms with Gasteiger partial charge in [-0.3, -0.25) is 5.43 Å². The van der Waals surface area contributed by atoms with Crippen LogP contribution in [-0.4, -0.2) is 72.6 Å². The summed E-state index contributed by atoms with van der Waals surface area (Å²) < 4.78 is 22.8. The number of ether oxygens (including phenoxy) is 4. The molecule has 174 valence electrons. The minimum Gasteiger partial charge on any atom is -0.460 e. The Hall–Kier alpha value is -3.21. The fraction of sp³-hybridized carbons (Fsp3) is 0.435. The van der Waals surface area contributed by atoms with Gasteiger partial charge in [0.1, 0.15) is 18.5 Å². The summed E-state index contributed by atoms with van der Waals surface area (Å²) in [5.74, 6) is 0.701. The van der Waals surface area contributed by atoms with Crippen molar-refractivity contribution in [1.82, 2.24) is 15.0 Å². The number of benzene rings is 1. The summed E-state index contributed by atoms with van der Waals surface area (Å²) in [7, 11) is 0. The van der Waals surface area contributed by atoms with Crippen LogP contribution in [0.25, 0.3) is 10.9 Å². The van der Waals surface area contributed by atoms with Crippen LogP contribution < -0.4 is 15.1 Å². The fourth-order valence-corrected chi connectivity index (χ4v) is 3.87. The van der Waals surface area contributed by atoms with Crippen LogP contribution in [0.3, 0.4) is 0 Å². The Morgan fingerprint density at radius 1 is 1.27 bits per heavy atom. The van der Waals surface area contributed by atoms with Gasteiger partial charge in [-0.2, -0.15) is 15.1 Å². The molecule has 33 heavy (non-hydrogen) atoms. The summed E-state index contributed by atoms with van der Waals surface area (Å²) in [6.07, 6.45) is 3.52. The van der Waals surface area contributed by atoms with Crippen molar-refractivity contribution in [2.45, 2.75) is 25.7 Å². The van der Waals surface area contributed by atoms with Crippen LogP contribution in [0.15, 0.2) is 41.6 Å². The van der Waals surface area contributed by atoms with Gasteiger partial charge in [0.25, 0.3) is 0 Å². The molecule has 2 saturated heterocycles. The van der Waals surface area contributed by atoms with Gasteiger partial charge in [0.2, 0.25) is 0 Å². The highest BCUT2D eigenvalue weighted by molar-refractivity contribution is 5.99. The van der Waals surface area contributed by atoms with E-state index in [0.29, 0.717) is 32.2 Å². The molecular weight excluding hydrogens is 424 g/mol. The Bertz CT molecular complexity index is 1130. The van der Waals surface area contributed by atoms with Crippen LogP contribution in [0.2, 0.25) is 0 Å². The van der Waals surface area contributed by atoms with Crippen LogP contribution in [0, 0.1) is 0 Å². The minimum atomic E-state index is -0.603. The van der Waals surface area contributed by atoms with Crippen molar-refractivity contribution in [2.75, 3.05) is 49.8 Å². The molecule has 1 aromatic carbocycles. The highest BCUT2D eigenvalue weighted by Crippen LogP contribution is 2.24. The third-order valence-corrected chi connectivity index (χ3v) is 5.50.